The molecule has 0 spiro atoms. The van der Waals surface area contributed by atoms with Crippen molar-refractivity contribution in [3.05, 3.63) is 34.1 Å². The fourth-order valence-corrected chi connectivity index (χ4v) is 2.86. The fraction of sp³-hybridized carbons (Fsp3) is 0.538. The van der Waals surface area contributed by atoms with Crippen LogP contribution in [0.3, 0.4) is 0 Å². The molecule has 0 saturated carbocycles. The minimum absolute atomic E-state index is 0.0808. The van der Waals surface area contributed by atoms with E-state index in [1.165, 1.54) is 6.07 Å². The molecule has 1 unspecified atom stereocenters. The molecule has 0 N–H and O–H groups in total. The van der Waals surface area contributed by atoms with Crippen LogP contribution in [0.5, 0.6) is 0 Å². The standard InChI is InChI=1S/C13H17BrClF/c1-9(15)7-13(2,3)8-10-5-4-6-11(16)12(10)14/h4-6,9H,7-8H2,1-3H3. The van der Waals surface area contributed by atoms with Gasteiger partial charge in [0.25, 0.3) is 0 Å². The summed E-state index contributed by atoms with van der Waals surface area (Å²) in [5, 5.41) is 0.141. The van der Waals surface area contributed by atoms with E-state index in [9.17, 15) is 4.39 Å². The summed E-state index contributed by atoms with van der Waals surface area (Å²) in [6, 6.07) is 5.16. The van der Waals surface area contributed by atoms with Gasteiger partial charge in [0, 0.05) is 5.38 Å². The largest absolute Gasteiger partial charge is 0.206 e. The van der Waals surface area contributed by atoms with Gasteiger partial charge in [-0.2, -0.15) is 0 Å². The molecule has 0 radical (unpaired) electrons. The topological polar surface area (TPSA) is 0 Å². The van der Waals surface area contributed by atoms with Crippen LogP contribution in [0.2, 0.25) is 0 Å². The van der Waals surface area contributed by atoms with Gasteiger partial charge in [0.1, 0.15) is 5.82 Å². The fourth-order valence-electron chi connectivity index (χ4n) is 2.03. The van der Waals surface area contributed by atoms with E-state index in [-0.39, 0.29) is 16.6 Å². The maximum absolute atomic E-state index is 13.3. The lowest BCUT2D eigenvalue weighted by molar-refractivity contribution is 0.330. The van der Waals surface area contributed by atoms with Crippen molar-refractivity contribution in [3.8, 4) is 0 Å². The van der Waals surface area contributed by atoms with Crippen LogP contribution >= 0.6 is 27.5 Å². The van der Waals surface area contributed by atoms with E-state index in [0.29, 0.717) is 4.47 Å². The van der Waals surface area contributed by atoms with Crippen LogP contribution in [0.15, 0.2) is 22.7 Å². The van der Waals surface area contributed by atoms with Gasteiger partial charge >= 0.3 is 0 Å². The third-order valence-corrected chi connectivity index (χ3v) is 3.58. The third kappa shape index (κ3) is 4.06. The van der Waals surface area contributed by atoms with Gasteiger partial charge in [0.2, 0.25) is 0 Å². The van der Waals surface area contributed by atoms with E-state index >= 15 is 0 Å². The molecule has 90 valence electrons. The normalized spacial score (nSPS) is 13.9. The average Bonchev–Trinajstić information content (AvgIpc) is 2.10. The van der Waals surface area contributed by atoms with E-state index in [2.05, 4.69) is 29.8 Å². The first-order valence-corrected chi connectivity index (χ1v) is 6.62. The Morgan fingerprint density at radius 3 is 2.62 bits per heavy atom. The van der Waals surface area contributed by atoms with Gasteiger partial charge in [0.05, 0.1) is 4.47 Å². The lowest BCUT2D eigenvalue weighted by Crippen LogP contribution is -2.19. The summed E-state index contributed by atoms with van der Waals surface area (Å²) in [4.78, 5) is 0. The molecule has 0 nitrogen and oxygen atoms in total. The van der Waals surface area contributed by atoms with Gasteiger partial charge in [-0.25, -0.2) is 4.39 Å². The Balaban J connectivity index is 2.83. The van der Waals surface area contributed by atoms with Crippen molar-refractivity contribution in [1.82, 2.24) is 0 Å². The van der Waals surface area contributed by atoms with Crippen LogP contribution in [0.25, 0.3) is 0 Å². The molecule has 0 aliphatic carbocycles. The van der Waals surface area contributed by atoms with Gasteiger partial charge < -0.3 is 0 Å². The first kappa shape index (κ1) is 14.0. The van der Waals surface area contributed by atoms with Crippen LogP contribution < -0.4 is 0 Å². The summed E-state index contributed by atoms with van der Waals surface area (Å²) in [6.45, 7) is 6.30. The third-order valence-electron chi connectivity index (χ3n) is 2.53. The van der Waals surface area contributed by atoms with Crippen LogP contribution in [0.4, 0.5) is 4.39 Å². The summed E-state index contributed by atoms with van der Waals surface area (Å²) in [6.07, 6.45) is 1.74. The molecular weight excluding hydrogens is 290 g/mol. The molecular formula is C13H17BrClF. The highest BCUT2D eigenvalue weighted by Crippen LogP contribution is 2.32. The first-order chi connectivity index (χ1) is 7.32. The second kappa shape index (κ2) is 5.50. The molecule has 3 heteroatoms. The molecule has 0 aromatic heterocycles. The minimum atomic E-state index is -0.202. The summed E-state index contributed by atoms with van der Waals surface area (Å²) in [5.74, 6) is -0.202. The Kier molecular flexibility index (Phi) is 4.81. The van der Waals surface area contributed by atoms with Crippen LogP contribution in [-0.2, 0) is 6.42 Å². The van der Waals surface area contributed by atoms with Gasteiger partial charge in [-0.1, -0.05) is 26.0 Å². The van der Waals surface area contributed by atoms with Crippen LogP contribution in [0, 0.1) is 11.2 Å². The van der Waals surface area contributed by atoms with Gasteiger partial charge in [0.15, 0.2) is 0 Å². The molecule has 0 amide bonds. The zero-order valence-electron chi connectivity index (χ0n) is 9.86. The summed E-state index contributed by atoms with van der Waals surface area (Å²) >= 11 is 9.30. The highest BCUT2D eigenvalue weighted by atomic mass is 79.9. The second-order valence-corrected chi connectivity index (χ2v) is 6.58. The van der Waals surface area contributed by atoms with Crippen molar-refractivity contribution >= 4 is 27.5 Å². The van der Waals surface area contributed by atoms with Gasteiger partial charge in [-0.3, -0.25) is 0 Å². The molecule has 1 atom stereocenters. The predicted octanol–water partition coefficient (Wildman–Crippen LogP) is 5.17. The summed E-state index contributed by atoms with van der Waals surface area (Å²) < 4.78 is 13.9. The highest BCUT2D eigenvalue weighted by molar-refractivity contribution is 9.10. The Morgan fingerprint density at radius 1 is 1.44 bits per heavy atom. The van der Waals surface area contributed by atoms with E-state index in [0.717, 1.165) is 18.4 Å². The molecule has 1 rings (SSSR count). The molecule has 0 bridgehead atoms. The number of alkyl halides is 1. The van der Waals surface area contributed by atoms with E-state index in [1.807, 2.05) is 13.0 Å². The van der Waals surface area contributed by atoms with Crippen LogP contribution in [-0.4, -0.2) is 5.38 Å². The summed E-state index contributed by atoms with van der Waals surface area (Å²) in [7, 11) is 0. The van der Waals surface area contributed by atoms with E-state index in [4.69, 9.17) is 11.6 Å². The lowest BCUT2D eigenvalue weighted by atomic mass is 9.82. The van der Waals surface area contributed by atoms with E-state index in [1.54, 1.807) is 6.07 Å². The number of benzene rings is 1. The van der Waals surface area contributed by atoms with Crippen molar-refractivity contribution in [3.63, 3.8) is 0 Å². The Hall–Kier alpha value is -0.0800. The lowest BCUT2D eigenvalue weighted by Gasteiger charge is -2.26. The number of hydrogen-bond acceptors (Lipinski definition) is 0. The van der Waals surface area contributed by atoms with Crippen molar-refractivity contribution in [2.24, 2.45) is 5.41 Å². The van der Waals surface area contributed by atoms with E-state index < -0.39 is 0 Å². The second-order valence-electron chi connectivity index (χ2n) is 5.04. The molecule has 0 aliphatic heterocycles. The van der Waals surface area contributed by atoms with Crippen molar-refractivity contribution in [2.45, 2.75) is 39.0 Å². The molecule has 16 heavy (non-hydrogen) atoms. The number of rotatable bonds is 4. The number of halogens is 3. The van der Waals surface area contributed by atoms with Gasteiger partial charge in [-0.15, -0.1) is 11.6 Å². The Labute approximate surface area is 110 Å². The Bertz CT molecular complexity index is 361. The maximum atomic E-state index is 13.3. The quantitative estimate of drug-likeness (QED) is 0.673. The molecule has 0 saturated heterocycles. The maximum Gasteiger partial charge on any atom is 0.137 e. The first-order valence-electron chi connectivity index (χ1n) is 5.39. The van der Waals surface area contributed by atoms with Crippen molar-refractivity contribution < 1.29 is 4.39 Å². The Morgan fingerprint density at radius 2 is 2.06 bits per heavy atom. The molecule has 0 fully saturated rings. The number of hydrogen-bond donors (Lipinski definition) is 0. The predicted molar refractivity (Wildman–Crippen MR) is 71.5 cm³/mol. The minimum Gasteiger partial charge on any atom is -0.206 e. The zero-order chi connectivity index (χ0) is 12.3. The molecule has 1 aromatic carbocycles. The van der Waals surface area contributed by atoms with Crippen LogP contribution in [0.1, 0.15) is 32.8 Å². The SMILES string of the molecule is CC(Cl)CC(C)(C)Cc1cccc(F)c1Br. The summed E-state index contributed by atoms with van der Waals surface area (Å²) in [5.41, 5.74) is 1.08. The average molecular weight is 308 g/mol. The molecule has 0 heterocycles. The zero-order valence-corrected chi connectivity index (χ0v) is 12.2. The highest BCUT2D eigenvalue weighted by Gasteiger charge is 2.22. The molecule has 0 aliphatic rings. The van der Waals surface area contributed by atoms with Crippen molar-refractivity contribution in [2.75, 3.05) is 0 Å². The monoisotopic (exact) mass is 306 g/mol. The smallest absolute Gasteiger partial charge is 0.137 e. The van der Waals surface area contributed by atoms with Gasteiger partial charge in [-0.05, 0) is 52.7 Å². The molecule has 1 aromatic rings. The van der Waals surface area contributed by atoms with Crippen molar-refractivity contribution in [1.29, 1.82) is 0 Å².